The molecule has 2 atom stereocenters. The van der Waals surface area contributed by atoms with Crippen molar-refractivity contribution >= 4 is 11.9 Å². The average molecular weight is 295 g/mol. The molecule has 2 rings (SSSR count). The van der Waals surface area contributed by atoms with Gasteiger partial charge in [0, 0.05) is 24.2 Å². The SMILES string of the molecule is COC(=O)c1cc(C2CC(C(=O)O)CN2)c(OC)cc1O. The summed E-state index contributed by atoms with van der Waals surface area (Å²) in [5.74, 6) is -1.87. The van der Waals surface area contributed by atoms with Crippen LogP contribution in [0.4, 0.5) is 0 Å². The number of ether oxygens (including phenoxy) is 2. The molecular formula is C14H17NO6. The van der Waals surface area contributed by atoms with E-state index in [9.17, 15) is 14.7 Å². The van der Waals surface area contributed by atoms with Crippen molar-refractivity contribution in [2.24, 2.45) is 5.92 Å². The van der Waals surface area contributed by atoms with Crippen molar-refractivity contribution in [3.05, 3.63) is 23.3 Å². The Morgan fingerprint density at radius 3 is 2.57 bits per heavy atom. The fraction of sp³-hybridized carbons (Fsp3) is 0.429. The zero-order valence-electron chi connectivity index (χ0n) is 11.8. The number of rotatable bonds is 4. The van der Waals surface area contributed by atoms with Crippen LogP contribution in [0.2, 0.25) is 0 Å². The number of phenolic OH excluding ortho intramolecular Hbond substituents is 1. The lowest BCUT2D eigenvalue weighted by atomic mass is 9.97. The molecule has 1 aliphatic rings. The summed E-state index contributed by atoms with van der Waals surface area (Å²) in [6.07, 6.45) is 0.386. The summed E-state index contributed by atoms with van der Waals surface area (Å²) in [4.78, 5) is 22.7. The van der Waals surface area contributed by atoms with Crippen LogP contribution in [0.25, 0.3) is 0 Å². The van der Waals surface area contributed by atoms with Crippen LogP contribution in [0.1, 0.15) is 28.4 Å². The molecule has 7 heteroatoms. The van der Waals surface area contributed by atoms with Gasteiger partial charge in [-0.25, -0.2) is 4.79 Å². The largest absolute Gasteiger partial charge is 0.507 e. The summed E-state index contributed by atoms with van der Waals surface area (Å²) in [6, 6.07) is 2.55. The van der Waals surface area contributed by atoms with Crippen molar-refractivity contribution in [1.29, 1.82) is 0 Å². The van der Waals surface area contributed by atoms with E-state index < -0.39 is 17.9 Å². The molecular weight excluding hydrogens is 278 g/mol. The number of hydrogen-bond acceptors (Lipinski definition) is 6. The van der Waals surface area contributed by atoms with Crippen LogP contribution in [0.3, 0.4) is 0 Å². The smallest absolute Gasteiger partial charge is 0.341 e. The highest BCUT2D eigenvalue weighted by Crippen LogP contribution is 2.37. The summed E-state index contributed by atoms with van der Waals surface area (Å²) in [5.41, 5.74) is 0.647. The maximum Gasteiger partial charge on any atom is 0.341 e. The number of carbonyl (C=O) groups excluding carboxylic acids is 1. The van der Waals surface area contributed by atoms with Gasteiger partial charge in [-0.3, -0.25) is 4.79 Å². The van der Waals surface area contributed by atoms with Crippen LogP contribution in [-0.4, -0.2) is 42.9 Å². The number of nitrogens with one attached hydrogen (secondary N) is 1. The summed E-state index contributed by atoms with van der Waals surface area (Å²) >= 11 is 0. The Hall–Kier alpha value is -2.28. The highest BCUT2D eigenvalue weighted by atomic mass is 16.5. The van der Waals surface area contributed by atoms with Crippen molar-refractivity contribution in [2.45, 2.75) is 12.5 Å². The molecule has 0 saturated carbocycles. The first-order chi connectivity index (χ1) is 9.97. The molecule has 2 unspecified atom stereocenters. The number of carboxylic acids is 1. The third kappa shape index (κ3) is 2.92. The molecule has 0 aromatic heterocycles. The van der Waals surface area contributed by atoms with Gasteiger partial charge in [0.05, 0.1) is 20.1 Å². The number of methoxy groups -OCH3 is 2. The molecule has 0 amide bonds. The van der Waals surface area contributed by atoms with Crippen LogP contribution in [-0.2, 0) is 9.53 Å². The van der Waals surface area contributed by atoms with Gasteiger partial charge in [-0.05, 0) is 12.5 Å². The van der Waals surface area contributed by atoms with Crippen molar-refractivity contribution in [2.75, 3.05) is 20.8 Å². The van der Waals surface area contributed by atoms with E-state index in [1.807, 2.05) is 0 Å². The molecule has 0 aliphatic carbocycles. The van der Waals surface area contributed by atoms with Gasteiger partial charge >= 0.3 is 11.9 Å². The minimum absolute atomic E-state index is 0.0221. The zero-order valence-corrected chi connectivity index (χ0v) is 11.8. The molecule has 7 nitrogen and oxygen atoms in total. The normalized spacial score (nSPS) is 21.0. The molecule has 0 spiro atoms. The number of aromatic hydroxyl groups is 1. The molecule has 0 bridgehead atoms. The monoisotopic (exact) mass is 295 g/mol. The Bertz CT molecular complexity index is 571. The van der Waals surface area contributed by atoms with Crippen LogP contribution in [0, 0.1) is 5.92 Å². The van der Waals surface area contributed by atoms with Gasteiger partial charge in [0.15, 0.2) is 0 Å². The van der Waals surface area contributed by atoms with E-state index in [4.69, 9.17) is 9.84 Å². The Kier molecular flexibility index (Phi) is 4.32. The van der Waals surface area contributed by atoms with E-state index in [2.05, 4.69) is 10.1 Å². The predicted octanol–water partition coefficient (Wildman–Crippen LogP) is 0.923. The van der Waals surface area contributed by atoms with Gasteiger partial charge in [0.2, 0.25) is 0 Å². The van der Waals surface area contributed by atoms with E-state index >= 15 is 0 Å². The number of phenols is 1. The number of carbonyl (C=O) groups is 2. The number of aliphatic carboxylic acids is 1. The summed E-state index contributed by atoms with van der Waals surface area (Å²) < 4.78 is 9.82. The topological polar surface area (TPSA) is 105 Å². The van der Waals surface area contributed by atoms with Crippen molar-refractivity contribution < 1.29 is 29.3 Å². The molecule has 0 radical (unpaired) electrons. The number of hydrogen-bond donors (Lipinski definition) is 3. The van der Waals surface area contributed by atoms with Gasteiger partial charge in [0.25, 0.3) is 0 Å². The molecule has 1 aliphatic heterocycles. The maximum atomic E-state index is 11.6. The van der Waals surface area contributed by atoms with Crippen LogP contribution < -0.4 is 10.1 Å². The first-order valence-electron chi connectivity index (χ1n) is 6.43. The Morgan fingerprint density at radius 1 is 1.33 bits per heavy atom. The Morgan fingerprint density at radius 2 is 2.05 bits per heavy atom. The highest BCUT2D eigenvalue weighted by Gasteiger charge is 2.32. The number of esters is 1. The van der Waals surface area contributed by atoms with E-state index in [-0.39, 0.29) is 17.4 Å². The van der Waals surface area contributed by atoms with Crippen LogP contribution >= 0.6 is 0 Å². The second kappa shape index (κ2) is 6.01. The lowest BCUT2D eigenvalue weighted by molar-refractivity contribution is -0.141. The van der Waals surface area contributed by atoms with Gasteiger partial charge in [-0.2, -0.15) is 0 Å². The van der Waals surface area contributed by atoms with Gasteiger partial charge in [0.1, 0.15) is 17.1 Å². The summed E-state index contributed by atoms with van der Waals surface area (Å²) in [6.45, 7) is 0.345. The molecule has 3 N–H and O–H groups in total. The predicted molar refractivity (Wildman–Crippen MR) is 72.5 cm³/mol. The van der Waals surface area contributed by atoms with Gasteiger partial charge < -0.3 is 25.0 Å². The van der Waals surface area contributed by atoms with Crippen LogP contribution in [0.15, 0.2) is 12.1 Å². The average Bonchev–Trinajstić information content (AvgIpc) is 2.95. The summed E-state index contributed by atoms with van der Waals surface area (Å²) in [7, 11) is 2.67. The van der Waals surface area contributed by atoms with E-state index in [0.29, 0.717) is 24.3 Å². The molecule has 1 aromatic carbocycles. The minimum atomic E-state index is -0.865. The van der Waals surface area contributed by atoms with Crippen molar-refractivity contribution in [3.8, 4) is 11.5 Å². The third-order valence-corrected chi connectivity index (χ3v) is 3.61. The number of benzene rings is 1. The summed E-state index contributed by atoms with van der Waals surface area (Å²) in [5, 5.41) is 22.0. The van der Waals surface area contributed by atoms with Gasteiger partial charge in [-0.1, -0.05) is 0 Å². The maximum absolute atomic E-state index is 11.6. The van der Waals surface area contributed by atoms with Crippen molar-refractivity contribution in [1.82, 2.24) is 5.32 Å². The second-order valence-electron chi connectivity index (χ2n) is 4.83. The molecule has 1 aromatic rings. The zero-order chi connectivity index (χ0) is 15.6. The quantitative estimate of drug-likeness (QED) is 0.709. The van der Waals surface area contributed by atoms with Crippen LogP contribution in [0.5, 0.6) is 11.5 Å². The lowest BCUT2D eigenvalue weighted by Crippen LogP contribution is -2.17. The molecule has 1 fully saturated rings. The van der Waals surface area contributed by atoms with E-state index in [0.717, 1.165) is 0 Å². The fourth-order valence-corrected chi connectivity index (χ4v) is 2.47. The second-order valence-corrected chi connectivity index (χ2v) is 4.83. The molecule has 1 heterocycles. The highest BCUT2D eigenvalue weighted by molar-refractivity contribution is 5.93. The first-order valence-corrected chi connectivity index (χ1v) is 6.43. The third-order valence-electron chi connectivity index (χ3n) is 3.61. The standard InChI is InChI=1S/C14H17NO6/c1-20-12-5-11(16)9(14(19)21-2)4-8(12)10-3-7(6-15-10)13(17)18/h4-5,7,10,15-16H,3,6H2,1-2H3,(H,17,18). The molecule has 21 heavy (non-hydrogen) atoms. The molecule has 1 saturated heterocycles. The molecule has 114 valence electrons. The minimum Gasteiger partial charge on any atom is -0.507 e. The fourth-order valence-electron chi connectivity index (χ4n) is 2.47. The van der Waals surface area contributed by atoms with Gasteiger partial charge in [-0.15, -0.1) is 0 Å². The van der Waals surface area contributed by atoms with E-state index in [1.165, 1.54) is 26.4 Å². The number of carboxylic acid groups (broad SMARTS) is 1. The first kappa shape index (κ1) is 15.1. The lowest BCUT2D eigenvalue weighted by Gasteiger charge is -2.17. The van der Waals surface area contributed by atoms with Crippen molar-refractivity contribution in [3.63, 3.8) is 0 Å². The Labute approximate surface area is 121 Å². The Balaban J connectivity index is 2.38. The van der Waals surface area contributed by atoms with E-state index in [1.54, 1.807) is 0 Å².